The molecular formula is C13H14ClN3O2. The molecule has 2 N–H and O–H groups in total. The first-order valence-corrected chi connectivity index (χ1v) is 6.48. The van der Waals surface area contributed by atoms with Gasteiger partial charge in [0.05, 0.1) is 10.6 Å². The van der Waals surface area contributed by atoms with Crippen LogP contribution in [0.15, 0.2) is 22.7 Å². The first-order valence-electron chi connectivity index (χ1n) is 6.11. The Morgan fingerprint density at radius 2 is 2.26 bits per heavy atom. The summed E-state index contributed by atoms with van der Waals surface area (Å²) in [6, 6.07) is 5.18. The van der Waals surface area contributed by atoms with E-state index in [1.54, 1.807) is 25.3 Å². The van der Waals surface area contributed by atoms with E-state index in [9.17, 15) is 0 Å². The second-order valence-electron chi connectivity index (χ2n) is 4.69. The zero-order valence-corrected chi connectivity index (χ0v) is 11.2. The topological polar surface area (TPSA) is 74.2 Å². The van der Waals surface area contributed by atoms with Gasteiger partial charge in [0.1, 0.15) is 6.10 Å². The van der Waals surface area contributed by atoms with Crippen molar-refractivity contribution < 1.29 is 9.26 Å². The minimum absolute atomic E-state index is 0.0925. The highest BCUT2D eigenvalue weighted by atomic mass is 35.5. The zero-order valence-electron chi connectivity index (χ0n) is 10.5. The predicted molar refractivity (Wildman–Crippen MR) is 71.6 cm³/mol. The number of halogens is 1. The van der Waals surface area contributed by atoms with Crippen LogP contribution in [0.3, 0.4) is 0 Å². The first kappa shape index (κ1) is 12.4. The van der Waals surface area contributed by atoms with Gasteiger partial charge in [0.25, 0.3) is 5.89 Å². The van der Waals surface area contributed by atoms with Gasteiger partial charge in [-0.05, 0) is 37.0 Å². The fourth-order valence-electron chi connectivity index (χ4n) is 2.07. The summed E-state index contributed by atoms with van der Waals surface area (Å²) in [5.74, 6) is 1.47. The third-order valence-electron chi connectivity index (χ3n) is 3.22. The van der Waals surface area contributed by atoms with E-state index >= 15 is 0 Å². The highest BCUT2D eigenvalue weighted by Crippen LogP contribution is 2.42. The van der Waals surface area contributed by atoms with Crippen LogP contribution in [0.2, 0.25) is 5.02 Å². The average Bonchev–Trinajstić information content (AvgIpc) is 3.09. The van der Waals surface area contributed by atoms with Crippen LogP contribution >= 0.6 is 11.6 Å². The van der Waals surface area contributed by atoms with Crippen LogP contribution < -0.4 is 5.73 Å². The third kappa shape index (κ3) is 2.43. The van der Waals surface area contributed by atoms with Gasteiger partial charge in [-0.2, -0.15) is 4.98 Å². The second-order valence-corrected chi connectivity index (χ2v) is 5.10. The van der Waals surface area contributed by atoms with E-state index in [2.05, 4.69) is 10.1 Å². The van der Waals surface area contributed by atoms with Gasteiger partial charge in [-0.1, -0.05) is 16.8 Å². The van der Waals surface area contributed by atoms with Crippen molar-refractivity contribution >= 4 is 17.3 Å². The zero-order chi connectivity index (χ0) is 13.4. The van der Waals surface area contributed by atoms with Crippen LogP contribution in [0.25, 0.3) is 11.5 Å². The molecule has 1 aliphatic rings. The Kier molecular flexibility index (Phi) is 3.16. The molecule has 1 aliphatic carbocycles. The summed E-state index contributed by atoms with van der Waals surface area (Å²) in [4.78, 5) is 4.38. The number of ether oxygens (including phenoxy) is 1. The molecule has 0 spiro atoms. The van der Waals surface area contributed by atoms with E-state index in [0.717, 1.165) is 12.8 Å². The number of nitrogens with two attached hydrogens (primary N) is 1. The van der Waals surface area contributed by atoms with E-state index in [1.165, 1.54) is 0 Å². The van der Waals surface area contributed by atoms with Gasteiger partial charge >= 0.3 is 0 Å². The van der Waals surface area contributed by atoms with Gasteiger partial charge in [-0.25, -0.2) is 0 Å². The average molecular weight is 280 g/mol. The van der Waals surface area contributed by atoms with Crippen LogP contribution in [-0.2, 0) is 4.74 Å². The van der Waals surface area contributed by atoms with Crippen LogP contribution in [0, 0.1) is 5.92 Å². The van der Waals surface area contributed by atoms with Crippen molar-refractivity contribution in [2.75, 3.05) is 12.8 Å². The number of benzene rings is 1. The van der Waals surface area contributed by atoms with Crippen molar-refractivity contribution in [1.82, 2.24) is 10.1 Å². The fraction of sp³-hybridized carbons (Fsp3) is 0.385. The number of nitrogens with zero attached hydrogens (tertiary/aromatic N) is 2. The maximum atomic E-state index is 6.12. The SMILES string of the molecule is COC(c1noc(-c2ccc(N)cc2Cl)n1)C1CC1. The van der Waals surface area contributed by atoms with Crippen LogP contribution in [0.4, 0.5) is 5.69 Å². The molecule has 0 saturated heterocycles. The highest BCUT2D eigenvalue weighted by Gasteiger charge is 2.35. The quantitative estimate of drug-likeness (QED) is 0.871. The number of rotatable bonds is 4. The lowest BCUT2D eigenvalue weighted by atomic mass is 10.2. The van der Waals surface area contributed by atoms with E-state index < -0.39 is 0 Å². The van der Waals surface area contributed by atoms with Crippen LogP contribution in [-0.4, -0.2) is 17.3 Å². The van der Waals surface area contributed by atoms with Gasteiger partial charge in [0, 0.05) is 12.8 Å². The van der Waals surface area contributed by atoms with Crippen molar-refractivity contribution in [3.63, 3.8) is 0 Å². The predicted octanol–water partition coefficient (Wildman–Crippen LogP) is 3.07. The van der Waals surface area contributed by atoms with Crippen LogP contribution in [0.5, 0.6) is 0 Å². The molecule has 1 fully saturated rings. The molecule has 2 aromatic rings. The molecular weight excluding hydrogens is 266 g/mol. The lowest BCUT2D eigenvalue weighted by Crippen LogP contribution is -2.05. The Hall–Kier alpha value is -1.59. The lowest BCUT2D eigenvalue weighted by molar-refractivity contribution is 0.0751. The number of hydrogen-bond acceptors (Lipinski definition) is 5. The monoisotopic (exact) mass is 279 g/mol. The second kappa shape index (κ2) is 4.83. The van der Waals surface area contributed by atoms with Gasteiger partial charge in [-0.15, -0.1) is 0 Å². The van der Waals surface area contributed by atoms with E-state index in [4.69, 9.17) is 26.6 Å². The molecule has 3 rings (SSSR count). The maximum Gasteiger partial charge on any atom is 0.259 e. The van der Waals surface area contributed by atoms with Gasteiger partial charge < -0.3 is 15.0 Å². The Balaban J connectivity index is 1.91. The standard InChI is InChI=1S/C13H14ClN3O2/c1-18-11(7-2-3-7)12-16-13(19-17-12)9-5-4-8(15)6-10(9)14/h4-7,11H,2-3,15H2,1H3. The minimum atomic E-state index is -0.0925. The van der Waals surface area contributed by atoms with E-state index in [0.29, 0.717) is 33.9 Å². The summed E-state index contributed by atoms with van der Waals surface area (Å²) in [7, 11) is 1.66. The maximum absolute atomic E-state index is 6.12. The van der Waals surface area contributed by atoms with Crippen molar-refractivity contribution in [2.24, 2.45) is 5.92 Å². The molecule has 100 valence electrons. The number of anilines is 1. The molecule has 1 atom stereocenters. The van der Waals surface area contributed by atoms with E-state index in [1.807, 2.05) is 0 Å². The number of methoxy groups -OCH3 is 1. The molecule has 0 radical (unpaired) electrons. The summed E-state index contributed by atoms with van der Waals surface area (Å²) >= 11 is 6.12. The molecule has 19 heavy (non-hydrogen) atoms. The third-order valence-corrected chi connectivity index (χ3v) is 3.54. The smallest absolute Gasteiger partial charge is 0.259 e. The van der Waals surface area contributed by atoms with Gasteiger partial charge in [0.15, 0.2) is 0 Å². The summed E-state index contributed by atoms with van der Waals surface area (Å²) < 4.78 is 10.7. The molecule has 1 unspecified atom stereocenters. The van der Waals surface area contributed by atoms with Crippen molar-refractivity contribution in [3.05, 3.63) is 29.0 Å². The molecule has 1 aromatic heterocycles. The summed E-state index contributed by atoms with van der Waals surface area (Å²) in [5, 5.41) is 4.48. The Labute approximate surface area is 115 Å². The number of nitrogen functional groups attached to an aromatic ring is 1. The minimum Gasteiger partial charge on any atom is -0.399 e. The lowest BCUT2D eigenvalue weighted by Gasteiger charge is -2.08. The molecule has 0 amide bonds. The largest absolute Gasteiger partial charge is 0.399 e. The molecule has 0 bridgehead atoms. The molecule has 6 heteroatoms. The molecule has 0 aliphatic heterocycles. The number of aromatic nitrogens is 2. The fourth-order valence-corrected chi connectivity index (χ4v) is 2.34. The first-order chi connectivity index (χ1) is 9.19. The Bertz CT molecular complexity index is 595. The highest BCUT2D eigenvalue weighted by molar-refractivity contribution is 6.33. The normalized spacial score (nSPS) is 16.5. The molecule has 1 aromatic carbocycles. The van der Waals surface area contributed by atoms with E-state index in [-0.39, 0.29) is 6.10 Å². The van der Waals surface area contributed by atoms with Crippen molar-refractivity contribution in [1.29, 1.82) is 0 Å². The molecule has 1 saturated carbocycles. The summed E-state index contributed by atoms with van der Waals surface area (Å²) in [6.45, 7) is 0. The Morgan fingerprint density at radius 3 is 2.89 bits per heavy atom. The van der Waals surface area contributed by atoms with Gasteiger partial charge in [-0.3, -0.25) is 0 Å². The molecule has 5 nitrogen and oxygen atoms in total. The van der Waals surface area contributed by atoms with Gasteiger partial charge in [0.2, 0.25) is 5.82 Å². The number of hydrogen-bond donors (Lipinski definition) is 1. The van der Waals surface area contributed by atoms with Crippen molar-refractivity contribution in [3.8, 4) is 11.5 Å². The Morgan fingerprint density at radius 1 is 1.47 bits per heavy atom. The van der Waals surface area contributed by atoms with Crippen molar-refractivity contribution in [2.45, 2.75) is 18.9 Å². The van der Waals surface area contributed by atoms with Crippen LogP contribution in [0.1, 0.15) is 24.8 Å². The summed E-state index contributed by atoms with van der Waals surface area (Å²) in [6.07, 6.45) is 2.20. The molecule has 1 heterocycles. The summed E-state index contributed by atoms with van der Waals surface area (Å²) in [5.41, 5.74) is 6.94.